The minimum atomic E-state index is -0.347. The second-order valence-corrected chi connectivity index (χ2v) is 4.35. The molecule has 0 bridgehead atoms. The number of rotatable bonds is 2. The molecule has 0 saturated heterocycles. The fourth-order valence-electron chi connectivity index (χ4n) is 1.35. The molecule has 3 N–H and O–H groups in total. The van der Waals surface area contributed by atoms with Gasteiger partial charge in [-0.2, -0.15) is 0 Å². The molecule has 0 fully saturated rings. The van der Waals surface area contributed by atoms with Crippen molar-refractivity contribution in [2.45, 2.75) is 6.92 Å². The van der Waals surface area contributed by atoms with Gasteiger partial charge < -0.3 is 11.1 Å². The number of nitrogens with two attached hydrogens (primary N) is 1. The van der Waals surface area contributed by atoms with Crippen LogP contribution in [0.25, 0.3) is 0 Å². The van der Waals surface area contributed by atoms with Crippen LogP contribution in [-0.4, -0.2) is 9.97 Å². The number of aryl methyl sites for hydroxylation is 1. The molecule has 0 atom stereocenters. The normalized spacial score (nSPS) is 10.3. The van der Waals surface area contributed by atoms with Crippen LogP contribution in [0.2, 0.25) is 0 Å². The van der Waals surface area contributed by atoms with Gasteiger partial charge >= 0.3 is 0 Å². The zero-order valence-electron chi connectivity index (χ0n) is 9.04. The number of hydrogen-bond acceptors (Lipinski definition) is 4. The average Bonchev–Trinajstić information content (AvgIpc) is 2.29. The number of nitrogens with zero attached hydrogens (tertiary/aromatic N) is 2. The molecule has 17 heavy (non-hydrogen) atoms. The maximum atomic E-state index is 13.4. The van der Waals surface area contributed by atoms with Crippen LogP contribution in [0.4, 0.5) is 21.7 Å². The Hall–Kier alpha value is -1.69. The first-order chi connectivity index (χ1) is 8.08. The van der Waals surface area contributed by atoms with E-state index >= 15 is 0 Å². The Morgan fingerprint density at radius 1 is 1.29 bits per heavy atom. The first-order valence-electron chi connectivity index (χ1n) is 4.87. The molecular weight excluding hydrogens is 287 g/mol. The molecular formula is C11H10BrFN4. The van der Waals surface area contributed by atoms with Crippen LogP contribution < -0.4 is 11.1 Å². The van der Waals surface area contributed by atoms with Gasteiger partial charge in [0.15, 0.2) is 11.6 Å². The third-order valence-corrected chi connectivity index (χ3v) is 2.85. The largest absolute Gasteiger partial charge is 0.381 e. The summed E-state index contributed by atoms with van der Waals surface area (Å²) in [7, 11) is 0. The van der Waals surface area contributed by atoms with E-state index in [1.165, 1.54) is 18.5 Å². The van der Waals surface area contributed by atoms with Crippen molar-refractivity contribution in [3.05, 3.63) is 40.4 Å². The molecule has 0 unspecified atom stereocenters. The summed E-state index contributed by atoms with van der Waals surface area (Å²) >= 11 is 3.12. The van der Waals surface area contributed by atoms with Crippen molar-refractivity contribution in [1.82, 2.24) is 9.97 Å². The fraction of sp³-hybridized carbons (Fsp3) is 0.0909. The van der Waals surface area contributed by atoms with E-state index in [4.69, 9.17) is 5.73 Å². The summed E-state index contributed by atoms with van der Waals surface area (Å²) in [5.74, 6) is 0.341. The highest BCUT2D eigenvalue weighted by atomic mass is 79.9. The highest BCUT2D eigenvalue weighted by Crippen LogP contribution is 2.27. The van der Waals surface area contributed by atoms with Crippen LogP contribution in [-0.2, 0) is 0 Å². The SMILES string of the molecule is Cc1cc(Br)c(F)cc1Nc1nccnc1N. The van der Waals surface area contributed by atoms with Crippen molar-refractivity contribution in [1.29, 1.82) is 0 Å². The summed E-state index contributed by atoms with van der Waals surface area (Å²) < 4.78 is 13.8. The summed E-state index contributed by atoms with van der Waals surface area (Å²) in [5, 5.41) is 2.95. The minimum absolute atomic E-state index is 0.273. The Morgan fingerprint density at radius 2 is 2.00 bits per heavy atom. The van der Waals surface area contributed by atoms with Crippen LogP contribution in [0, 0.1) is 12.7 Å². The highest BCUT2D eigenvalue weighted by molar-refractivity contribution is 9.10. The molecule has 2 aromatic rings. The Labute approximate surface area is 106 Å². The molecule has 1 aromatic heterocycles. The third-order valence-electron chi connectivity index (χ3n) is 2.25. The monoisotopic (exact) mass is 296 g/mol. The quantitative estimate of drug-likeness (QED) is 0.894. The molecule has 0 aliphatic carbocycles. The third kappa shape index (κ3) is 2.52. The van der Waals surface area contributed by atoms with E-state index in [-0.39, 0.29) is 11.6 Å². The van der Waals surface area contributed by atoms with E-state index in [0.29, 0.717) is 16.0 Å². The van der Waals surface area contributed by atoms with Crippen molar-refractivity contribution >= 4 is 33.3 Å². The van der Waals surface area contributed by atoms with Crippen molar-refractivity contribution in [2.24, 2.45) is 0 Å². The highest BCUT2D eigenvalue weighted by Gasteiger charge is 2.07. The van der Waals surface area contributed by atoms with Gasteiger partial charge in [-0.15, -0.1) is 0 Å². The maximum Gasteiger partial charge on any atom is 0.173 e. The molecule has 0 radical (unpaired) electrons. The van der Waals surface area contributed by atoms with E-state index in [1.54, 1.807) is 6.07 Å². The van der Waals surface area contributed by atoms with Crippen LogP contribution in [0.5, 0.6) is 0 Å². The molecule has 0 spiro atoms. The number of benzene rings is 1. The van der Waals surface area contributed by atoms with E-state index in [1.807, 2.05) is 6.92 Å². The van der Waals surface area contributed by atoms with Crippen LogP contribution in [0.3, 0.4) is 0 Å². The van der Waals surface area contributed by atoms with Gasteiger partial charge in [-0.3, -0.25) is 0 Å². The lowest BCUT2D eigenvalue weighted by Gasteiger charge is -2.10. The van der Waals surface area contributed by atoms with Gasteiger partial charge in [0.25, 0.3) is 0 Å². The van der Waals surface area contributed by atoms with Gasteiger partial charge in [-0.25, -0.2) is 14.4 Å². The number of anilines is 3. The van der Waals surface area contributed by atoms with Crippen LogP contribution in [0.15, 0.2) is 29.0 Å². The number of aromatic nitrogens is 2. The van der Waals surface area contributed by atoms with Gasteiger partial charge in [0.05, 0.1) is 4.47 Å². The Bertz CT molecular complexity index is 559. The predicted molar refractivity (Wildman–Crippen MR) is 68.6 cm³/mol. The topological polar surface area (TPSA) is 63.8 Å². The number of nitrogen functional groups attached to an aromatic ring is 1. The molecule has 0 saturated carbocycles. The van der Waals surface area contributed by atoms with Gasteiger partial charge in [0, 0.05) is 18.1 Å². The predicted octanol–water partition coefficient (Wildman–Crippen LogP) is 3.01. The Kier molecular flexibility index (Phi) is 3.23. The van der Waals surface area contributed by atoms with E-state index < -0.39 is 0 Å². The van der Waals surface area contributed by atoms with Gasteiger partial charge in [0.2, 0.25) is 0 Å². The van der Waals surface area contributed by atoms with Gasteiger partial charge in [0.1, 0.15) is 5.82 Å². The molecule has 1 aromatic carbocycles. The molecule has 1 heterocycles. The van der Waals surface area contributed by atoms with Crippen molar-refractivity contribution in [3.63, 3.8) is 0 Å². The summed E-state index contributed by atoms with van der Waals surface area (Å²) in [5.41, 5.74) is 7.13. The Balaban J connectivity index is 2.37. The van der Waals surface area contributed by atoms with Gasteiger partial charge in [-0.05, 0) is 40.5 Å². The summed E-state index contributed by atoms with van der Waals surface area (Å²) in [6.45, 7) is 1.86. The number of halogens is 2. The lowest BCUT2D eigenvalue weighted by molar-refractivity contribution is 0.621. The lowest BCUT2D eigenvalue weighted by atomic mass is 10.2. The number of nitrogens with one attached hydrogen (secondary N) is 1. The molecule has 0 aliphatic rings. The molecule has 2 rings (SSSR count). The lowest BCUT2D eigenvalue weighted by Crippen LogP contribution is -2.02. The second kappa shape index (κ2) is 4.67. The minimum Gasteiger partial charge on any atom is -0.381 e. The van der Waals surface area contributed by atoms with Crippen molar-refractivity contribution < 1.29 is 4.39 Å². The molecule has 88 valence electrons. The molecule has 0 aliphatic heterocycles. The first kappa shape index (κ1) is 11.8. The van der Waals surface area contributed by atoms with E-state index in [9.17, 15) is 4.39 Å². The zero-order valence-corrected chi connectivity index (χ0v) is 10.6. The van der Waals surface area contributed by atoms with E-state index in [2.05, 4.69) is 31.2 Å². The maximum absolute atomic E-state index is 13.4. The van der Waals surface area contributed by atoms with Crippen LogP contribution in [0.1, 0.15) is 5.56 Å². The molecule has 4 nitrogen and oxygen atoms in total. The second-order valence-electron chi connectivity index (χ2n) is 3.50. The van der Waals surface area contributed by atoms with E-state index in [0.717, 1.165) is 5.56 Å². The summed E-state index contributed by atoms with van der Waals surface area (Å²) in [4.78, 5) is 7.93. The van der Waals surface area contributed by atoms with Gasteiger partial charge in [-0.1, -0.05) is 0 Å². The zero-order chi connectivity index (χ0) is 12.4. The Morgan fingerprint density at radius 3 is 2.71 bits per heavy atom. The standard InChI is InChI=1S/C11H10BrFN4/c1-6-4-7(12)8(13)5-9(6)17-11-10(14)15-2-3-16-11/h2-5H,1H3,(H2,14,15)(H,16,17). The van der Waals surface area contributed by atoms with Crippen molar-refractivity contribution in [3.8, 4) is 0 Å². The molecule has 6 heteroatoms. The molecule has 0 amide bonds. The fourth-order valence-corrected chi connectivity index (χ4v) is 1.81. The van der Waals surface area contributed by atoms with Crippen LogP contribution >= 0.6 is 15.9 Å². The first-order valence-corrected chi connectivity index (χ1v) is 5.66. The summed E-state index contributed by atoms with van der Waals surface area (Å²) in [6, 6.07) is 3.07. The summed E-state index contributed by atoms with van der Waals surface area (Å²) in [6.07, 6.45) is 3.01. The average molecular weight is 297 g/mol. The smallest absolute Gasteiger partial charge is 0.173 e. The van der Waals surface area contributed by atoms with Crippen molar-refractivity contribution in [2.75, 3.05) is 11.1 Å². The number of hydrogen-bond donors (Lipinski definition) is 2.